The molecule has 1 saturated heterocycles. The maximum Gasteiger partial charge on any atom is 0.00975 e. The van der Waals surface area contributed by atoms with Crippen LogP contribution in [0.5, 0.6) is 0 Å². The van der Waals surface area contributed by atoms with Crippen LogP contribution in [-0.4, -0.2) is 30.1 Å². The van der Waals surface area contributed by atoms with Gasteiger partial charge in [0.2, 0.25) is 0 Å². The second kappa shape index (κ2) is 9.52. The van der Waals surface area contributed by atoms with Crippen molar-refractivity contribution in [2.45, 2.75) is 57.9 Å². The van der Waals surface area contributed by atoms with Crippen LogP contribution in [0.1, 0.15) is 52.4 Å². The van der Waals surface area contributed by atoms with Crippen molar-refractivity contribution in [2.24, 2.45) is 5.73 Å². The molecule has 0 spiro atoms. The molecular formula is C12H28Cl2N2. The zero-order valence-corrected chi connectivity index (χ0v) is 12.3. The molecule has 0 atom stereocenters. The molecule has 100 valence electrons. The van der Waals surface area contributed by atoms with Crippen molar-refractivity contribution in [3.63, 3.8) is 0 Å². The van der Waals surface area contributed by atoms with E-state index in [0.29, 0.717) is 0 Å². The first-order chi connectivity index (χ1) is 6.58. The van der Waals surface area contributed by atoms with Gasteiger partial charge >= 0.3 is 0 Å². The molecule has 4 heteroatoms. The third-order valence-corrected chi connectivity index (χ3v) is 2.99. The van der Waals surface area contributed by atoms with Gasteiger partial charge in [0.1, 0.15) is 0 Å². The van der Waals surface area contributed by atoms with E-state index in [0.717, 1.165) is 6.42 Å². The minimum Gasteiger partial charge on any atom is -0.326 e. The first kappa shape index (κ1) is 18.9. The van der Waals surface area contributed by atoms with E-state index in [4.69, 9.17) is 5.73 Å². The van der Waals surface area contributed by atoms with Crippen LogP contribution < -0.4 is 5.73 Å². The molecule has 0 radical (unpaired) electrons. The van der Waals surface area contributed by atoms with Crippen LogP contribution in [0.3, 0.4) is 0 Å². The quantitative estimate of drug-likeness (QED) is 0.850. The predicted octanol–water partition coefficient (Wildman–Crippen LogP) is 3.22. The molecule has 0 aromatic carbocycles. The predicted molar refractivity (Wildman–Crippen MR) is 76.9 cm³/mol. The van der Waals surface area contributed by atoms with Gasteiger partial charge in [-0.1, -0.05) is 12.8 Å². The van der Waals surface area contributed by atoms with Gasteiger partial charge in [-0.3, -0.25) is 0 Å². The molecule has 0 bridgehead atoms. The molecule has 0 unspecified atom stereocenters. The molecule has 2 N–H and O–H groups in total. The Morgan fingerprint density at radius 2 is 1.50 bits per heavy atom. The minimum absolute atomic E-state index is 0. The van der Waals surface area contributed by atoms with Gasteiger partial charge in [-0.25, -0.2) is 0 Å². The fourth-order valence-corrected chi connectivity index (χ4v) is 2.12. The Labute approximate surface area is 113 Å². The number of nitrogens with two attached hydrogens (primary N) is 1. The third-order valence-electron chi connectivity index (χ3n) is 2.99. The smallest absolute Gasteiger partial charge is 0.00975 e. The SMILES string of the molecule is CC(C)(N)CCCN1CCCCCC1.Cl.Cl. The van der Waals surface area contributed by atoms with E-state index in [1.54, 1.807) is 0 Å². The number of likely N-dealkylation sites (tertiary alicyclic amines) is 1. The lowest BCUT2D eigenvalue weighted by Crippen LogP contribution is -2.34. The average molecular weight is 271 g/mol. The van der Waals surface area contributed by atoms with Gasteiger partial charge in [0.05, 0.1) is 0 Å². The van der Waals surface area contributed by atoms with Crippen LogP contribution in [0.2, 0.25) is 0 Å². The second-order valence-electron chi connectivity index (χ2n) is 5.35. The normalized spacial score (nSPS) is 18.2. The number of hydrogen-bond acceptors (Lipinski definition) is 2. The van der Waals surface area contributed by atoms with Crippen molar-refractivity contribution in [1.29, 1.82) is 0 Å². The Morgan fingerprint density at radius 1 is 1.00 bits per heavy atom. The van der Waals surface area contributed by atoms with Crippen LogP contribution in [0, 0.1) is 0 Å². The molecule has 16 heavy (non-hydrogen) atoms. The fourth-order valence-electron chi connectivity index (χ4n) is 2.12. The highest BCUT2D eigenvalue weighted by atomic mass is 35.5. The van der Waals surface area contributed by atoms with E-state index >= 15 is 0 Å². The van der Waals surface area contributed by atoms with E-state index < -0.39 is 0 Å². The van der Waals surface area contributed by atoms with Crippen molar-refractivity contribution in [3.05, 3.63) is 0 Å². The van der Waals surface area contributed by atoms with Crippen molar-refractivity contribution < 1.29 is 0 Å². The molecule has 0 aromatic heterocycles. The van der Waals surface area contributed by atoms with Crippen molar-refractivity contribution in [2.75, 3.05) is 19.6 Å². The lowest BCUT2D eigenvalue weighted by atomic mass is 10.00. The van der Waals surface area contributed by atoms with Gasteiger partial charge < -0.3 is 10.6 Å². The van der Waals surface area contributed by atoms with Crippen molar-refractivity contribution >= 4 is 24.8 Å². The van der Waals surface area contributed by atoms with E-state index in [2.05, 4.69) is 18.7 Å². The van der Waals surface area contributed by atoms with E-state index in [9.17, 15) is 0 Å². The van der Waals surface area contributed by atoms with Crippen LogP contribution in [0.25, 0.3) is 0 Å². The molecule has 1 aliphatic heterocycles. The Morgan fingerprint density at radius 3 is 1.94 bits per heavy atom. The summed E-state index contributed by atoms with van der Waals surface area (Å²) >= 11 is 0. The summed E-state index contributed by atoms with van der Waals surface area (Å²) in [5, 5.41) is 0. The summed E-state index contributed by atoms with van der Waals surface area (Å²) in [5.41, 5.74) is 5.98. The first-order valence-electron chi connectivity index (χ1n) is 6.09. The van der Waals surface area contributed by atoms with Gasteiger partial charge in [0.25, 0.3) is 0 Å². The zero-order chi connectivity index (χ0) is 10.4. The lowest BCUT2D eigenvalue weighted by Gasteiger charge is -2.23. The maximum atomic E-state index is 5.96. The summed E-state index contributed by atoms with van der Waals surface area (Å²) < 4.78 is 0. The Balaban J connectivity index is 0. The summed E-state index contributed by atoms with van der Waals surface area (Å²) in [6, 6.07) is 0. The summed E-state index contributed by atoms with van der Waals surface area (Å²) in [4.78, 5) is 2.61. The minimum atomic E-state index is 0. The van der Waals surface area contributed by atoms with Crippen LogP contribution in [0.4, 0.5) is 0 Å². The summed E-state index contributed by atoms with van der Waals surface area (Å²) in [6.07, 6.45) is 8.04. The number of rotatable bonds is 4. The Kier molecular flexibility index (Phi) is 11.2. The monoisotopic (exact) mass is 270 g/mol. The molecule has 0 saturated carbocycles. The Bertz CT molecular complexity index is 150. The molecule has 0 amide bonds. The van der Waals surface area contributed by atoms with Gasteiger partial charge in [0.15, 0.2) is 0 Å². The van der Waals surface area contributed by atoms with Gasteiger partial charge in [-0.2, -0.15) is 0 Å². The van der Waals surface area contributed by atoms with E-state index in [1.165, 1.54) is 51.7 Å². The maximum absolute atomic E-state index is 5.96. The highest BCUT2D eigenvalue weighted by molar-refractivity contribution is 5.85. The third kappa shape index (κ3) is 9.71. The molecule has 1 aliphatic rings. The first-order valence-corrected chi connectivity index (χ1v) is 6.09. The largest absolute Gasteiger partial charge is 0.326 e. The number of halogens is 2. The average Bonchev–Trinajstić information content (AvgIpc) is 2.30. The van der Waals surface area contributed by atoms with Gasteiger partial charge in [-0.15, -0.1) is 24.8 Å². The van der Waals surface area contributed by atoms with Crippen LogP contribution in [-0.2, 0) is 0 Å². The summed E-state index contributed by atoms with van der Waals surface area (Å²) in [5.74, 6) is 0. The molecule has 0 aliphatic carbocycles. The summed E-state index contributed by atoms with van der Waals surface area (Å²) in [6.45, 7) is 8.11. The molecule has 2 nitrogen and oxygen atoms in total. The van der Waals surface area contributed by atoms with Crippen molar-refractivity contribution in [3.8, 4) is 0 Å². The van der Waals surface area contributed by atoms with E-state index in [-0.39, 0.29) is 30.4 Å². The number of nitrogens with zero attached hydrogens (tertiary/aromatic N) is 1. The summed E-state index contributed by atoms with van der Waals surface area (Å²) in [7, 11) is 0. The van der Waals surface area contributed by atoms with Gasteiger partial charge in [-0.05, 0) is 59.2 Å². The molecular weight excluding hydrogens is 243 g/mol. The van der Waals surface area contributed by atoms with Crippen LogP contribution in [0.15, 0.2) is 0 Å². The lowest BCUT2D eigenvalue weighted by molar-refractivity contribution is 0.268. The highest BCUT2D eigenvalue weighted by Gasteiger charge is 2.12. The molecule has 1 rings (SSSR count). The number of hydrogen-bond donors (Lipinski definition) is 1. The van der Waals surface area contributed by atoms with Crippen LogP contribution >= 0.6 is 24.8 Å². The van der Waals surface area contributed by atoms with Gasteiger partial charge in [0, 0.05) is 5.54 Å². The standard InChI is InChI=1S/C12H26N2.2ClH/c1-12(2,13)8-7-11-14-9-5-3-4-6-10-14;;/h3-11,13H2,1-2H3;2*1H. The van der Waals surface area contributed by atoms with E-state index in [1.807, 2.05) is 0 Å². The topological polar surface area (TPSA) is 29.3 Å². The second-order valence-corrected chi connectivity index (χ2v) is 5.35. The molecule has 0 aromatic rings. The van der Waals surface area contributed by atoms with Crippen molar-refractivity contribution in [1.82, 2.24) is 4.90 Å². The fraction of sp³-hybridized carbons (Fsp3) is 1.00. The molecule has 1 fully saturated rings. The zero-order valence-electron chi connectivity index (χ0n) is 10.7. The Hall–Kier alpha value is 0.500. The highest BCUT2D eigenvalue weighted by Crippen LogP contribution is 2.12. The molecule has 1 heterocycles.